The van der Waals surface area contributed by atoms with Gasteiger partial charge in [0.1, 0.15) is 17.2 Å². The van der Waals surface area contributed by atoms with Gasteiger partial charge < -0.3 is 14.8 Å². The molecule has 0 spiro atoms. The lowest BCUT2D eigenvalue weighted by Crippen LogP contribution is -2.34. The third kappa shape index (κ3) is 7.54. The van der Waals surface area contributed by atoms with Gasteiger partial charge in [0.2, 0.25) is 0 Å². The number of hydrazone groups is 1. The van der Waals surface area contributed by atoms with Crippen molar-refractivity contribution in [3.8, 4) is 28.4 Å². The predicted octanol–water partition coefficient (Wildman–Crippen LogP) is 4.61. The summed E-state index contributed by atoms with van der Waals surface area (Å²) in [5, 5.41) is 11.4. The summed E-state index contributed by atoms with van der Waals surface area (Å²) in [6, 6.07) is 24.0. The molecule has 0 aliphatic carbocycles. The topological polar surface area (TPSA) is 107 Å². The number of rotatable bonds is 12. The Bertz CT molecular complexity index is 1400. The van der Waals surface area contributed by atoms with Crippen molar-refractivity contribution in [1.82, 2.24) is 20.5 Å². The van der Waals surface area contributed by atoms with E-state index in [1.165, 1.54) is 6.21 Å². The molecule has 200 valence electrons. The maximum atomic E-state index is 12.4. The molecular weight excluding hydrogens is 494 g/mol. The Morgan fingerprint density at radius 3 is 2.38 bits per heavy atom. The molecule has 0 bridgehead atoms. The van der Waals surface area contributed by atoms with E-state index in [9.17, 15) is 9.59 Å². The lowest BCUT2D eigenvalue weighted by molar-refractivity contribution is -0.120. The zero-order chi connectivity index (χ0) is 27.5. The van der Waals surface area contributed by atoms with Crippen molar-refractivity contribution in [1.29, 1.82) is 0 Å². The molecule has 39 heavy (non-hydrogen) atoms. The van der Waals surface area contributed by atoms with Crippen molar-refractivity contribution in [3.05, 3.63) is 96.2 Å². The third-order valence-electron chi connectivity index (χ3n) is 5.81. The van der Waals surface area contributed by atoms with Gasteiger partial charge in [-0.3, -0.25) is 9.59 Å². The lowest BCUT2D eigenvalue weighted by Gasteiger charge is -2.07. The highest BCUT2D eigenvalue weighted by molar-refractivity contribution is 5.96. The third-order valence-corrected chi connectivity index (χ3v) is 5.81. The van der Waals surface area contributed by atoms with Crippen molar-refractivity contribution in [3.63, 3.8) is 0 Å². The summed E-state index contributed by atoms with van der Waals surface area (Å²) in [6.45, 7) is 2.51. The maximum Gasteiger partial charge on any atom is 0.259 e. The van der Waals surface area contributed by atoms with Crippen LogP contribution in [0.5, 0.6) is 11.5 Å². The van der Waals surface area contributed by atoms with Crippen LogP contribution < -0.4 is 20.2 Å². The SMILES string of the molecule is CCCCOc1ccc(C(=O)NCC(=O)NN=Cc2cn(-c3ccccc3)nc2-c2ccc(OC)cc2)cc1. The van der Waals surface area contributed by atoms with Crippen LogP contribution in [0.1, 0.15) is 35.7 Å². The van der Waals surface area contributed by atoms with Crippen molar-refractivity contribution in [2.75, 3.05) is 20.3 Å². The molecule has 0 fully saturated rings. The second-order valence-electron chi connectivity index (χ2n) is 8.64. The molecule has 0 saturated carbocycles. The van der Waals surface area contributed by atoms with Crippen molar-refractivity contribution in [2.24, 2.45) is 5.10 Å². The van der Waals surface area contributed by atoms with Crippen LogP contribution in [0.4, 0.5) is 0 Å². The fourth-order valence-electron chi connectivity index (χ4n) is 3.68. The molecule has 4 rings (SSSR count). The van der Waals surface area contributed by atoms with Crippen molar-refractivity contribution in [2.45, 2.75) is 19.8 Å². The van der Waals surface area contributed by atoms with Gasteiger partial charge in [-0.2, -0.15) is 10.2 Å². The summed E-state index contributed by atoms with van der Waals surface area (Å²) < 4.78 is 12.6. The first-order chi connectivity index (χ1) is 19.1. The quantitative estimate of drug-likeness (QED) is 0.160. The summed E-state index contributed by atoms with van der Waals surface area (Å²) in [7, 11) is 1.61. The van der Waals surface area contributed by atoms with E-state index in [-0.39, 0.29) is 12.5 Å². The number of hydrogen-bond donors (Lipinski definition) is 2. The first-order valence-electron chi connectivity index (χ1n) is 12.7. The lowest BCUT2D eigenvalue weighted by atomic mass is 10.1. The molecule has 2 N–H and O–H groups in total. The molecule has 3 aromatic carbocycles. The Balaban J connectivity index is 1.37. The second-order valence-corrected chi connectivity index (χ2v) is 8.64. The Morgan fingerprint density at radius 1 is 0.974 bits per heavy atom. The molecule has 4 aromatic rings. The Morgan fingerprint density at radius 2 is 1.69 bits per heavy atom. The van der Waals surface area contributed by atoms with Gasteiger partial charge in [-0.05, 0) is 67.1 Å². The largest absolute Gasteiger partial charge is 0.497 e. The molecule has 0 aliphatic heterocycles. The van der Waals surface area contributed by atoms with Crippen LogP contribution in [-0.4, -0.2) is 48.1 Å². The van der Waals surface area contributed by atoms with E-state index in [2.05, 4.69) is 22.8 Å². The molecule has 1 aromatic heterocycles. The first kappa shape index (κ1) is 27.1. The number of carbonyl (C=O) groups is 2. The van der Waals surface area contributed by atoms with Crippen molar-refractivity contribution >= 4 is 18.0 Å². The van der Waals surface area contributed by atoms with E-state index < -0.39 is 5.91 Å². The molecule has 9 heteroatoms. The number of benzene rings is 3. The van der Waals surface area contributed by atoms with Crippen LogP contribution >= 0.6 is 0 Å². The van der Waals surface area contributed by atoms with E-state index >= 15 is 0 Å². The second kappa shape index (κ2) is 13.6. The number of unbranched alkanes of at least 4 members (excludes halogenated alkanes) is 1. The minimum atomic E-state index is -0.458. The van der Waals surface area contributed by atoms with Gasteiger partial charge in [-0.25, -0.2) is 10.1 Å². The summed E-state index contributed by atoms with van der Waals surface area (Å²) in [5.41, 5.74) is 6.05. The molecule has 9 nitrogen and oxygen atoms in total. The molecule has 0 unspecified atom stereocenters. The highest BCUT2D eigenvalue weighted by Gasteiger charge is 2.12. The maximum absolute atomic E-state index is 12.4. The summed E-state index contributed by atoms with van der Waals surface area (Å²) in [6.07, 6.45) is 5.39. The van der Waals surface area contributed by atoms with E-state index in [0.717, 1.165) is 29.8 Å². The molecule has 0 atom stereocenters. The number of aromatic nitrogens is 2. The van der Waals surface area contributed by atoms with Crippen LogP contribution in [-0.2, 0) is 4.79 Å². The minimum absolute atomic E-state index is 0.223. The van der Waals surface area contributed by atoms with E-state index in [1.807, 2.05) is 60.8 Å². The summed E-state index contributed by atoms with van der Waals surface area (Å²) >= 11 is 0. The summed E-state index contributed by atoms with van der Waals surface area (Å²) in [5.74, 6) is 0.624. The molecular formula is C30H31N5O4. The zero-order valence-electron chi connectivity index (χ0n) is 22.0. The van der Waals surface area contributed by atoms with E-state index in [4.69, 9.17) is 14.6 Å². The van der Waals surface area contributed by atoms with Gasteiger partial charge in [-0.1, -0.05) is 31.5 Å². The van der Waals surface area contributed by atoms with Crippen LogP contribution in [0.25, 0.3) is 16.9 Å². The predicted molar refractivity (Wildman–Crippen MR) is 150 cm³/mol. The Hall–Kier alpha value is -4.92. The number of para-hydroxylation sites is 1. The van der Waals surface area contributed by atoms with Gasteiger partial charge in [0, 0.05) is 22.9 Å². The van der Waals surface area contributed by atoms with Gasteiger partial charge in [0.05, 0.1) is 32.2 Å². The molecule has 0 radical (unpaired) electrons. The number of methoxy groups -OCH3 is 1. The highest BCUT2D eigenvalue weighted by Crippen LogP contribution is 2.25. The van der Waals surface area contributed by atoms with Gasteiger partial charge >= 0.3 is 0 Å². The number of carbonyl (C=O) groups excluding carboxylic acids is 2. The number of nitrogens with one attached hydrogen (secondary N) is 2. The standard InChI is InChI=1S/C30H31N5O4/c1-3-4-18-39-27-16-12-23(13-17-27)30(37)31-20-28(36)33-32-19-24-21-35(25-8-6-5-7-9-25)34-29(24)22-10-14-26(38-2)15-11-22/h5-17,19,21H,3-4,18,20H2,1-2H3,(H,31,37)(H,33,36). The van der Waals surface area contributed by atoms with Crippen LogP contribution in [0.3, 0.4) is 0 Å². The van der Waals surface area contributed by atoms with Crippen LogP contribution in [0.15, 0.2) is 90.2 Å². The fraction of sp³-hybridized carbons (Fsp3) is 0.200. The van der Waals surface area contributed by atoms with Gasteiger partial charge in [0.25, 0.3) is 11.8 Å². The molecule has 0 aliphatic rings. The normalized spacial score (nSPS) is 10.8. The average Bonchev–Trinajstić information content (AvgIpc) is 3.41. The average molecular weight is 526 g/mol. The first-order valence-corrected chi connectivity index (χ1v) is 12.7. The fourth-order valence-corrected chi connectivity index (χ4v) is 3.68. The van der Waals surface area contributed by atoms with Gasteiger partial charge in [0.15, 0.2) is 0 Å². The number of amides is 2. The van der Waals surface area contributed by atoms with E-state index in [1.54, 1.807) is 36.1 Å². The van der Waals surface area contributed by atoms with Crippen LogP contribution in [0, 0.1) is 0 Å². The Labute approximate surface area is 227 Å². The van der Waals surface area contributed by atoms with Gasteiger partial charge in [-0.15, -0.1) is 0 Å². The van der Waals surface area contributed by atoms with Crippen LogP contribution in [0.2, 0.25) is 0 Å². The summed E-state index contributed by atoms with van der Waals surface area (Å²) in [4.78, 5) is 24.7. The number of ether oxygens (including phenoxy) is 2. The monoisotopic (exact) mass is 525 g/mol. The molecule has 1 heterocycles. The Kier molecular flexibility index (Phi) is 9.44. The molecule has 0 saturated heterocycles. The van der Waals surface area contributed by atoms with Crippen molar-refractivity contribution < 1.29 is 19.1 Å². The highest BCUT2D eigenvalue weighted by atomic mass is 16.5. The number of nitrogens with zero attached hydrogens (tertiary/aromatic N) is 3. The van der Waals surface area contributed by atoms with E-state index in [0.29, 0.717) is 29.2 Å². The minimum Gasteiger partial charge on any atom is -0.497 e. The zero-order valence-corrected chi connectivity index (χ0v) is 22.0. The molecule has 2 amide bonds. The number of hydrogen-bond acceptors (Lipinski definition) is 6. The smallest absolute Gasteiger partial charge is 0.259 e.